The number of alkyl halides is 3. The second kappa shape index (κ2) is 7.72. The maximum atomic E-state index is 13.6. The Morgan fingerprint density at radius 3 is 2.17 bits per heavy atom. The summed E-state index contributed by atoms with van der Waals surface area (Å²) in [5.41, 5.74) is -2.06. The number of nitrogens with one attached hydrogen (secondary N) is 1. The summed E-state index contributed by atoms with van der Waals surface area (Å²) in [5.74, 6) is -3.38. The van der Waals surface area contributed by atoms with Crippen molar-refractivity contribution in [2.75, 3.05) is 0 Å². The van der Waals surface area contributed by atoms with Crippen LogP contribution < -0.4 is 5.32 Å². The van der Waals surface area contributed by atoms with Gasteiger partial charge in [0.25, 0.3) is 0 Å². The predicted octanol–water partition coefficient (Wildman–Crippen LogP) is 3.84. The van der Waals surface area contributed by atoms with Crippen LogP contribution in [0.4, 0.5) is 13.6 Å². The Kier molecular flexibility index (Phi) is 6.67. The van der Waals surface area contributed by atoms with Crippen molar-refractivity contribution < 1.29 is 28.2 Å². The number of rotatable bonds is 5. The van der Waals surface area contributed by atoms with Gasteiger partial charge in [0.1, 0.15) is 17.7 Å². The first kappa shape index (κ1) is 20.7. The highest BCUT2D eigenvalue weighted by Gasteiger charge is 2.44. The molecule has 0 aliphatic rings. The summed E-state index contributed by atoms with van der Waals surface area (Å²) in [7, 11) is 0. The average Bonchev–Trinajstić information content (AvgIpc) is 2.39. The number of carboxylic acids is 1. The number of amides is 1. The average molecular weight is 405 g/mol. The number of carbonyl (C=O) groups is 2. The van der Waals surface area contributed by atoms with Crippen LogP contribution in [0.25, 0.3) is 0 Å². The normalized spacial score (nSPS) is 13.3. The number of hydrogen-bond donors (Lipinski definition) is 2. The lowest BCUT2D eigenvalue weighted by molar-refractivity contribution is -0.139. The molecule has 0 bridgehead atoms. The fourth-order valence-electron chi connectivity index (χ4n) is 1.59. The highest BCUT2D eigenvalue weighted by atomic mass is 35.6. The van der Waals surface area contributed by atoms with Gasteiger partial charge in [0.2, 0.25) is 3.79 Å². The third kappa shape index (κ3) is 5.36. The lowest BCUT2D eigenvalue weighted by atomic mass is 10.0. The van der Waals surface area contributed by atoms with Gasteiger partial charge in [-0.1, -0.05) is 40.9 Å². The summed E-state index contributed by atoms with van der Waals surface area (Å²) in [5, 5.41) is 11.1. The van der Waals surface area contributed by atoms with Gasteiger partial charge in [0, 0.05) is 12.0 Å². The lowest BCUT2D eigenvalue weighted by Gasteiger charge is -2.32. The molecule has 1 rings (SSSR count). The van der Waals surface area contributed by atoms with E-state index in [1.807, 2.05) is 5.32 Å². The van der Waals surface area contributed by atoms with E-state index in [0.29, 0.717) is 0 Å². The quantitative estimate of drug-likeness (QED) is 0.731. The van der Waals surface area contributed by atoms with Crippen molar-refractivity contribution in [3.8, 4) is 0 Å². The number of aliphatic carboxylic acids is 1. The fraction of sp³-hybridized carbons (Fsp3) is 0.429. The number of carboxylic acid groups (broad SMARTS) is 1. The highest BCUT2D eigenvalue weighted by Crippen LogP contribution is 2.40. The lowest BCUT2D eigenvalue weighted by Crippen LogP contribution is -2.48. The van der Waals surface area contributed by atoms with Crippen molar-refractivity contribution in [2.45, 2.75) is 35.7 Å². The molecule has 0 aromatic heterocycles. The topological polar surface area (TPSA) is 75.6 Å². The maximum absolute atomic E-state index is 13.6. The van der Waals surface area contributed by atoms with Gasteiger partial charge in [0.05, 0.1) is 0 Å². The van der Waals surface area contributed by atoms with Crippen molar-refractivity contribution in [1.29, 1.82) is 0 Å². The van der Waals surface area contributed by atoms with E-state index in [2.05, 4.69) is 0 Å². The molecule has 0 radical (unpaired) electrons. The van der Waals surface area contributed by atoms with Gasteiger partial charge >= 0.3 is 12.1 Å². The second-order valence-electron chi connectivity index (χ2n) is 5.34. The molecule has 134 valence electrons. The molecule has 1 aromatic rings. The van der Waals surface area contributed by atoms with Gasteiger partial charge in [-0.2, -0.15) is 0 Å². The van der Waals surface area contributed by atoms with Gasteiger partial charge in [-0.3, -0.25) is 0 Å². The molecule has 24 heavy (non-hydrogen) atoms. The standard InChI is InChI=1S/C14H14Cl3F2NO4/c1-13(2,14(15,16)17)24-12(23)20-10(11(21)22)6-7-8(18)4-3-5-9(7)19/h3-5,10H,6H2,1-2H3,(H,20,23)(H,21,22)/t10-/m0/s1. The van der Waals surface area contributed by atoms with Crippen molar-refractivity contribution in [3.63, 3.8) is 0 Å². The number of benzene rings is 1. The first-order chi connectivity index (χ1) is 10.8. The molecule has 0 fully saturated rings. The summed E-state index contributed by atoms with van der Waals surface area (Å²) >= 11 is 16.9. The predicted molar refractivity (Wildman–Crippen MR) is 85.5 cm³/mol. The van der Waals surface area contributed by atoms with Gasteiger partial charge in [-0.05, 0) is 26.0 Å². The van der Waals surface area contributed by atoms with E-state index in [4.69, 9.17) is 44.6 Å². The summed E-state index contributed by atoms with van der Waals surface area (Å²) in [4.78, 5) is 23.1. The number of hydrogen-bond acceptors (Lipinski definition) is 3. The molecule has 2 N–H and O–H groups in total. The molecule has 1 aromatic carbocycles. The van der Waals surface area contributed by atoms with E-state index in [1.54, 1.807) is 0 Å². The monoisotopic (exact) mass is 403 g/mol. The molecule has 0 heterocycles. The van der Waals surface area contributed by atoms with Gasteiger partial charge in [-0.15, -0.1) is 0 Å². The van der Waals surface area contributed by atoms with E-state index in [9.17, 15) is 18.4 Å². The number of ether oxygens (including phenoxy) is 1. The second-order valence-corrected chi connectivity index (χ2v) is 7.62. The van der Waals surface area contributed by atoms with Gasteiger partial charge in [0.15, 0.2) is 5.60 Å². The van der Waals surface area contributed by atoms with Crippen LogP contribution in [-0.2, 0) is 16.0 Å². The van der Waals surface area contributed by atoms with E-state index >= 15 is 0 Å². The highest BCUT2D eigenvalue weighted by molar-refractivity contribution is 6.68. The Bertz CT molecular complexity index is 615. The molecule has 0 unspecified atom stereocenters. The Hall–Kier alpha value is -1.31. The molecule has 0 saturated heterocycles. The number of halogens is 5. The SMILES string of the molecule is CC(C)(OC(=O)N[C@@H](Cc1c(F)cccc1F)C(=O)O)C(Cl)(Cl)Cl. The first-order valence-electron chi connectivity index (χ1n) is 6.57. The molecular formula is C14H14Cl3F2NO4. The third-order valence-corrected chi connectivity index (χ3v) is 4.46. The van der Waals surface area contributed by atoms with Crippen LogP contribution in [0.3, 0.4) is 0 Å². The molecule has 1 atom stereocenters. The maximum Gasteiger partial charge on any atom is 0.408 e. The Balaban J connectivity index is 2.88. The van der Waals surface area contributed by atoms with E-state index < -0.39 is 51.1 Å². The number of alkyl carbamates (subject to hydrolysis) is 1. The Morgan fingerprint density at radius 1 is 1.25 bits per heavy atom. The van der Waals surface area contributed by atoms with Crippen molar-refractivity contribution in [1.82, 2.24) is 5.32 Å². The van der Waals surface area contributed by atoms with E-state index in [1.165, 1.54) is 13.8 Å². The summed E-state index contributed by atoms with van der Waals surface area (Å²) < 4.78 is 30.1. The zero-order chi connectivity index (χ0) is 18.7. The van der Waals surface area contributed by atoms with Crippen LogP contribution in [0.15, 0.2) is 18.2 Å². The molecule has 0 saturated carbocycles. The smallest absolute Gasteiger partial charge is 0.408 e. The molecule has 0 aliphatic carbocycles. The molecule has 0 spiro atoms. The van der Waals surface area contributed by atoms with Crippen LogP contribution in [0.1, 0.15) is 19.4 Å². The van der Waals surface area contributed by atoms with Crippen LogP contribution in [0.2, 0.25) is 0 Å². The van der Waals surface area contributed by atoms with Gasteiger partial charge < -0.3 is 15.2 Å². The van der Waals surface area contributed by atoms with Crippen LogP contribution in [0, 0.1) is 11.6 Å². The minimum atomic E-state index is -1.97. The fourth-order valence-corrected chi connectivity index (χ4v) is 1.71. The molecule has 5 nitrogen and oxygen atoms in total. The summed E-state index contributed by atoms with van der Waals surface area (Å²) in [6.45, 7) is 2.60. The summed E-state index contributed by atoms with van der Waals surface area (Å²) in [6.07, 6.45) is -1.84. The number of carbonyl (C=O) groups excluding carboxylic acids is 1. The minimum Gasteiger partial charge on any atom is -0.480 e. The zero-order valence-corrected chi connectivity index (χ0v) is 14.8. The third-order valence-electron chi connectivity index (χ3n) is 3.09. The van der Waals surface area contributed by atoms with Crippen molar-refractivity contribution in [2.24, 2.45) is 0 Å². The van der Waals surface area contributed by atoms with Crippen molar-refractivity contribution in [3.05, 3.63) is 35.4 Å². The Labute approximate surface area is 151 Å². The largest absolute Gasteiger partial charge is 0.480 e. The molecule has 0 aliphatic heterocycles. The molecule has 1 amide bonds. The first-order valence-corrected chi connectivity index (χ1v) is 7.70. The van der Waals surface area contributed by atoms with Crippen LogP contribution in [-0.4, -0.2) is 32.6 Å². The minimum absolute atomic E-state index is 0.481. The summed E-state index contributed by atoms with van der Waals surface area (Å²) in [6, 6.07) is 1.44. The van der Waals surface area contributed by atoms with Crippen LogP contribution in [0.5, 0.6) is 0 Å². The zero-order valence-electron chi connectivity index (χ0n) is 12.6. The van der Waals surface area contributed by atoms with Gasteiger partial charge in [-0.25, -0.2) is 18.4 Å². The van der Waals surface area contributed by atoms with E-state index in [0.717, 1.165) is 18.2 Å². The molecular weight excluding hydrogens is 391 g/mol. The van der Waals surface area contributed by atoms with E-state index in [-0.39, 0.29) is 0 Å². The Morgan fingerprint density at radius 2 is 1.75 bits per heavy atom. The molecule has 10 heteroatoms. The van der Waals surface area contributed by atoms with Crippen LogP contribution >= 0.6 is 34.8 Å². The van der Waals surface area contributed by atoms with Crippen molar-refractivity contribution >= 4 is 46.9 Å².